The number of benzene rings is 2. The molecule has 0 aliphatic rings. The van der Waals surface area contributed by atoms with Gasteiger partial charge in [-0.3, -0.25) is 4.79 Å². The number of halogens is 1. The van der Waals surface area contributed by atoms with Gasteiger partial charge in [-0.05, 0) is 17.7 Å². The van der Waals surface area contributed by atoms with Crippen molar-refractivity contribution in [2.24, 2.45) is 0 Å². The van der Waals surface area contributed by atoms with E-state index in [-0.39, 0.29) is 11.7 Å². The molecule has 3 aromatic rings. The van der Waals surface area contributed by atoms with E-state index in [1.807, 2.05) is 44.2 Å². The average molecular weight is 393 g/mol. The summed E-state index contributed by atoms with van der Waals surface area (Å²) in [7, 11) is 0. The van der Waals surface area contributed by atoms with Gasteiger partial charge in [0.15, 0.2) is 5.78 Å². The van der Waals surface area contributed by atoms with Gasteiger partial charge in [0.2, 0.25) is 5.89 Å². The van der Waals surface area contributed by atoms with Gasteiger partial charge in [0.05, 0.1) is 28.8 Å². The van der Waals surface area contributed by atoms with Crippen LogP contribution in [0.2, 0.25) is 5.02 Å². The molecule has 0 atom stereocenters. The number of ketones is 1. The van der Waals surface area contributed by atoms with Crippen LogP contribution in [0.1, 0.15) is 53.6 Å². The summed E-state index contributed by atoms with van der Waals surface area (Å²) >= 11 is 6.27. The van der Waals surface area contributed by atoms with E-state index in [0.717, 1.165) is 22.6 Å². The number of hydrogen-bond acceptors (Lipinski definition) is 4. The highest BCUT2D eigenvalue weighted by atomic mass is 35.5. The molecule has 1 heterocycles. The Morgan fingerprint density at radius 1 is 1.18 bits per heavy atom. The van der Waals surface area contributed by atoms with Gasteiger partial charge in [-0.15, -0.1) is 0 Å². The van der Waals surface area contributed by atoms with Gasteiger partial charge in [-0.1, -0.05) is 61.8 Å². The number of hydrogen-bond donors (Lipinski definition) is 0. The minimum absolute atomic E-state index is 0.0421. The molecule has 0 radical (unpaired) electrons. The van der Waals surface area contributed by atoms with Crippen LogP contribution >= 0.6 is 11.6 Å². The van der Waals surface area contributed by atoms with E-state index in [2.05, 4.69) is 11.1 Å². The number of carbonyl (C=O) groups is 1. The average Bonchev–Trinajstić information content (AvgIpc) is 3.12. The second kappa shape index (κ2) is 8.86. The Labute approximate surface area is 169 Å². The molecule has 0 saturated carbocycles. The zero-order chi connectivity index (χ0) is 20.1. The lowest BCUT2D eigenvalue weighted by molar-refractivity contribution is 0.0982. The molecule has 0 fully saturated rings. The highest BCUT2D eigenvalue weighted by Gasteiger charge is 2.19. The maximum absolute atomic E-state index is 12.6. The molecule has 0 amide bonds. The van der Waals surface area contributed by atoms with E-state index in [0.29, 0.717) is 35.7 Å². The molecule has 0 saturated heterocycles. The first-order valence-electron chi connectivity index (χ1n) is 9.23. The van der Waals surface area contributed by atoms with Gasteiger partial charge in [0.25, 0.3) is 0 Å². The Balaban J connectivity index is 1.77. The smallest absolute Gasteiger partial charge is 0.228 e. The van der Waals surface area contributed by atoms with E-state index in [1.165, 1.54) is 0 Å². The topological polar surface area (TPSA) is 66.9 Å². The predicted octanol–water partition coefficient (Wildman–Crippen LogP) is 6.00. The molecule has 2 aromatic carbocycles. The molecule has 0 aliphatic heterocycles. The number of nitrogens with zero attached hydrogens (tertiary/aromatic N) is 2. The second-order valence-electron chi connectivity index (χ2n) is 6.92. The van der Waals surface area contributed by atoms with Crippen molar-refractivity contribution in [3.8, 4) is 17.5 Å². The van der Waals surface area contributed by atoms with Gasteiger partial charge in [0.1, 0.15) is 5.76 Å². The van der Waals surface area contributed by atoms with Crippen LogP contribution in [0.4, 0.5) is 0 Å². The van der Waals surface area contributed by atoms with Gasteiger partial charge >= 0.3 is 0 Å². The van der Waals surface area contributed by atoms with Gasteiger partial charge in [0, 0.05) is 24.3 Å². The molecule has 0 bridgehead atoms. The largest absolute Gasteiger partial charge is 0.441 e. The molecule has 1 aromatic heterocycles. The SMILES string of the molecule is CC(C)c1oc(-c2ccccc2Cl)nc1CCC(=O)c1ccc(CC#N)cc1. The summed E-state index contributed by atoms with van der Waals surface area (Å²) in [5.74, 6) is 1.46. The highest BCUT2D eigenvalue weighted by molar-refractivity contribution is 6.33. The minimum atomic E-state index is 0.0421. The summed E-state index contributed by atoms with van der Waals surface area (Å²) in [5, 5.41) is 9.32. The lowest BCUT2D eigenvalue weighted by Crippen LogP contribution is -2.03. The molecule has 3 rings (SSSR count). The first kappa shape index (κ1) is 19.9. The zero-order valence-corrected chi connectivity index (χ0v) is 16.7. The molecule has 0 unspecified atom stereocenters. The van der Waals surface area contributed by atoms with Crippen molar-refractivity contribution in [1.82, 2.24) is 4.98 Å². The Hall–Kier alpha value is -2.90. The number of nitriles is 1. The third kappa shape index (κ3) is 4.49. The summed E-state index contributed by atoms with van der Waals surface area (Å²) in [6.07, 6.45) is 1.18. The number of aryl methyl sites for hydroxylation is 1. The molecule has 0 aliphatic carbocycles. The van der Waals surface area contributed by atoms with Gasteiger partial charge in [-0.25, -0.2) is 4.98 Å². The number of carbonyl (C=O) groups excluding carboxylic acids is 1. The Morgan fingerprint density at radius 3 is 2.54 bits per heavy atom. The quantitative estimate of drug-likeness (QED) is 0.462. The molecular weight excluding hydrogens is 372 g/mol. The Kier molecular flexibility index (Phi) is 6.28. The van der Waals surface area contributed by atoms with Crippen LogP contribution in [0.15, 0.2) is 52.9 Å². The monoisotopic (exact) mass is 392 g/mol. The van der Waals surface area contributed by atoms with Crippen LogP contribution in [0, 0.1) is 11.3 Å². The van der Waals surface area contributed by atoms with Crippen molar-refractivity contribution in [3.63, 3.8) is 0 Å². The molecule has 5 heteroatoms. The van der Waals surface area contributed by atoms with E-state index in [9.17, 15) is 4.79 Å². The maximum atomic E-state index is 12.6. The first-order chi connectivity index (χ1) is 13.5. The van der Waals surface area contributed by atoms with Crippen LogP contribution in [-0.2, 0) is 12.8 Å². The lowest BCUT2D eigenvalue weighted by atomic mass is 10.0. The normalized spacial score (nSPS) is 10.8. The van der Waals surface area contributed by atoms with Crippen molar-refractivity contribution in [3.05, 3.63) is 76.1 Å². The van der Waals surface area contributed by atoms with E-state index < -0.39 is 0 Å². The summed E-state index contributed by atoms with van der Waals surface area (Å²) in [4.78, 5) is 17.2. The number of aromatic nitrogens is 1. The lowest BCUT2D eigenvalue weighted by Gasteiger charge is -2.04. The van der Waals surface area contributed by atoms with Gasteiger partial charge < -0.3 is 4.42 Å². The fraction of sp³-hybridized carbons (Fsp3) is 0.261. The fourth-order valence-electron chi connectivity index (χ4n) is 3.02. The molecule has 142 valence electrons. The van der Waals surface area contributed by atoms with Gasteiger partial charge in [-0.2, -0.15) is 5.26 Å². The summed E-state index contributed by atoms with van der Waals surface area (Å²) in [6.45, 7) is 4.08. The zero-order valence-electron chi connectivity index (χ0n) is 15.9. The summed E-state index contributed by atoms with van der Waals surface area (Å²) in [5.41, 5.74) is 3.08. The number of rotatable bonds is 7. The standard InChI is InChI=1S/C23H21ClN2O2/c1-15(2)22-20(26-23(28-22)18-5-3-4-6-19(18)24)11-12-21(27)17-9-7-16(8-10-17)13-14-25/h3-10,15H,11-13H2,1-2H3. The van der Waals surface area contributed by atoms with E-state index in [4.69, 9.17) is 21.3 Å². The van der Waals surface area contributed by atoms with Crippen molar-refractivity contribution < 1.29 is 9.21 Å². The molecule has 4 nitrogen and oxygen atoms in total. The van der Waals surface area contributed by atoms with Crippen molar-refractivity contribution in [2.45, 2.75) is 39.0 Å². The van der Waals surface area contributed by atoms with Crippen molar-refractivity contribution >= 4 is 17.4 Å². The Bertz CT molecular complexity index is 1010. The van der Waals surface area contributed by atoms with Crippen molar-refractivity contribution in [2.75, 3.05) is 0 Å². The molecular formula is C23H21ClN2O2. The summed E-state index contributed by atoms with van der Waals surface area (Å²) in [6, 6.07) is 16.7. The third-order valence-corrected chi connectivity index (χ3v) is 4.83. The van der Waals surface area contributed by atoms with E-state index in [1.54, 1.807) is 18.2 Å². The number of oxazole rings is 1. The van der Waals surface area contributed by atoms with Crippen LogP contribution in [-0.4, -0.2) is 10.8 Å². The van der Waals surface area contributed by atoms with Crippen LogP contribution in [0.3, 0.4) is 0 Å². The second-order valence-corrected chi connectivity index (χ2v) is 7.33. The van der Waals surface area contributed by atoms with Crippen LogP contribution in [0.5, 0.6) is 0 Å². The molecule has 0 N–H and O–H groups in total. The fourth-order valence-corrected chi connectivity index (χ4v) is 3.24. The predicted molar refractivity (Wildman–Crippen MR) is 109 cm³/mol. The number of Topliss-reactive ketones (excluding diaryl/α,β-unsaturated/α-hetero) is 1. The Morgan fingerprint density at radius 2 is 1.89 bits per heavy atom. The molecule has 28 heavy (non-hydrogen) atoms. The third-order valence-electron chi connectivity index (χ3n) is 4.50. The summed E-state index contributed by atoms with van der Waals surface area (Å²) < 4.78 is 5.99. The van der Waals surface area contributed by atoms with Crippen molar-refractivity contribution in [1.29, 1.82) is 5.26 Å². The van der Waals surface area contributed by atoms with E-state index >= 15 is 0 Å². The maximum Gasteiger partial charge on any atom is 0.228 e. The minimum Gasteiger partial charge on any atom is -0.441 e. The van der Waals surface area contributed by atoms with Crippen LogP contribution < -0.4 is 0 Å². The highest BCUT2D eigenvalue weighted by Crippen LogP contribution is 2.31. The molecule has 0 spiro atoms. The first-order valence-corrected chi connectivity index (χ1v) is 9.61. The van der Waals surface area contributed by atoms with Crippen LogP contribution in [0.25, 0.3) is 11.5 Å².